The molecule has 5 heteroatoms. The van der Waals surface area contributed by atoms with E-state index < -0.39 is 10.0 Å². The highest BCUT2D eigenvalue weighted by atomic mass is 32.2. The Morgan fingerprint density at radius 3 is 2.38 bits per heavy atom. The van der Waals surface area contributed by atoms with Crippen molar-refractivity contribution in [3.63, 3.8) is 0 Å². The topological polar surface area (TPSA) is 66.4 Å². The fraction of sp³-hybridized carbons (Fsp3) is 1.00. The molecule has 0 spiro atoms. The summed E-state index contributed by atoms with van der Waals surface area (Å²) in [6.45, 7) is 3.95. The van der Waals surface area contributed by atoms with Crippen molar-refractivity contribution >= 4 is 10.0 Å². The maximum atomic E-state index is 11.8. The Balaban J connectivity index is 2.40. The summed E-state index contributed by atoms with van der Waals surface area (Å²) < 4.78 is 26.3. The van der Waals surface area contributed by atoms with Crippen LogP contribution in [0.25, 0.3) is 0 Å². The summed E-state index contributed by atoms with van der Waals surface area (Å²) in [5.74, 6) is 0.411. The van der Waals surface area contributed by atoms with Gasteiger partial charge >= 0.3 is 0 Å². The summed E-state index contributed by atoms with van der Waals surface area (Å²) in [6, 6.07) is 0.0254. The van der Waals surface area contributed by atoms with Crippen molar-refractivity contribution < 1.29 is 13.5 Å². The van der Waals surface area contributed by atoms with Crippen molar-refractivity contribution in [1.29, 1.82) is 0 Å². The second kappa shape index (κ2) is 5.98. The van der Waals surface area contributed by atoms with Gasteiger partial charge in [-0.3, -0.25) is 0 Å². The lowest BCUT2D eigenvalue weighted by molar-refractivity contribution is 0.120. The third-order valence-electron chi connectivity index (χ3n) is 3.24. The summed E-state index contributed by atoms with van der Waals surface area (Å²) in [5.41, 5.74) is 0. The maximum absolute atomic E-state index is 11.8. The van der Waals surface area contributed by atoms with E-state index in [0.29, 0.717) is 12.8 Å². The molecule has 0 aliphatic heterocycles. The van der Waals surface area contributed by atoms with Crippen molar-refractivity contribution in [1.82, 2.24) is 4.72 Å². The Bertz CT molecular complexity index is 294. The molecule has 1 atom stereocenters. The first-order valence-electron chi connectivity index (χ1n) is 6.11. The third kappa shape index (κ3) is 4.80. The quantitative estimate of drug-likeness (QED) is 0.771. The molecule has 0 saturated heterocycles. The highest BCUT2D eigenvalue weighted by Crippen LogP contribution is 2.19. The van der Waals surface area contributed by atoms with E-state index in [1.54, 1.807) is 0 Å². The molecular formula is C11H23NO3S. The highest BCUT2D eigenvalue weighted by Gasteiger charge is 2.24. The molecule has 4 nitrogen and oxygen atoms in total. The molecule has 0 aromatic rings. The highest BCUT2D eigenvalue weighted by molar-refractivity contribution is 7.89. The molecule has 1 fully saturated rings. The number of hydrogen-bond acceptors (Lipinski definition) is 3. The summed E-state index contributed by atoms with van der Waals surface area (Å²) in [6.07, 6.45) is 3.55. The van der Waals surface area contributed by atoms with Crippen molar-refractivity contribution in [3.05, 3.63) is 0 Å². The van der Waals surface area contributed by atoms with Crippen molar-refractivity contribution in [2.45, 2.75) is 58.1 Å². The standard InChI is InChI=1S/C11H23NO3S/c1-3-9(2)8-16(14,15)12-10-4-6-11(13)7-5-10/h9-13H,3-8H2,1-2H3. The predicted molar refractivity (Wildman–Crippen MR) is 64.6 cm³/mol. The second-order valence-corrected chi connectivity index (χ2v) is 6.72. The van der Waals surface area contributed by atoms with Gasteiger partial charge in [0.25, 0.3) is 0 Å². The van der Waals surface area contributed by atoms with E-state index in [1.807, 2.05) is 13.8 Å². The molecule has 0 aromatic carbocycles. The van der Waals surface area contributed by atoms with Crippen LogP contribution < -0.4 is 4.72 Å². The van der Waals surface area contributed by atoms with Gasteiger partial charge in [0.2, 0.25) is 10.0 Å². The maximum Gasteiger partial charge on any atom is 0.212 e. The zero-order valence-electron chi connectivity index (χ0n) is 10.1. The van der Waals surface area contributed by atoms with Gasteiger partial charge in [-0.05, 0) is 31.6 Å². The summed E-state index contributed by atoms with van der Waals surface area (Å²) >= 11 is 0. The third-order valence-corrected chi connectivity index (χ3v) is 4.94. The van der Waals surface area contributed by atoms with Crippen LogP contribution >= 0.6 is 0 Å². The Labute approximate surface area is 98.5 Å². The van der Waals surface area contributed by atoms with Gasteiger partial charge in [0.15, 0.2) is 0 Å². The van der Waals surface area contributed by atoms with E-state index in [2.05, 4.69) is 4.72 Å². The molecule has 1 rings (SSSR count). The molecule has 0 bridgehead atoms. The molecule has 0 aromatic heterocycles. The van der Waals surface area contributed by atoms with Crippen LogP contribution in [0.15, 0.2) is 0 Å². The number of aliphatic hydroxyl groups excluding tert-OH is 1. The lowest BCUT2D eigenvalue weighted by Crippen LogP contribution is -2.40. The molecule has 0 amide bonds. The zero-order chi connectivity index (χ0) is 12.2. The molecule has 1 aliphatic carbocycles. The summed E-state index contributed by atoms with van der Waals surface area (Å²) in [4.78, 5) is 0. The minimum absolute atomic E-state index is 0.0254. The smallest absolute Gasteiger partial charge is 0.212 e. The number of rotatable bonds is 5. The van der Waals surface area contributed by atoms with Gasteiger partial charge in [-0.25, -0.2) is 13.1 Å². The normalized spacial score (nSPS) is 28.9. The SMILES string of the molecule is CCC(C)CS(=O)(=O)NC1CCC(O)CC1. The average Bonchev–Trinajstić information content (AvgIpc) is 2.20. The second-order valence-electron chi connectivity index (χ2n) is 4.92. The van der Waals surface area contributed by atoms with Gasteiger partial charge < -0.3 is 5.11 Å². The first-order chi connectivity index (χ1) is 7.43. The fourth-order valence-electron chi connectivity index (χ4n) is 1.99. The van der Waals surface area contributed by atoms with E-state index in [0.717, 1.165) is 19.3 Å². The number of aliphatic hydroxyl groups is 1. The Kier molecular flexibility index (Phi) is 5.21. The van der Waals surface area contributed by atoms with Crippen LogP contribution in [-0.2, 0) is 10.0 Å². The van der Waals surface area contributed by atoms with Crippen molar-refractivity contribution in [2.24, 2.45) is 5.92 Å². The average molecular weight is 249 g/mol. The van der Waals surface area contributed by atoms with Gasteiger partial charge in [-0.15, -0.1) is 0 Å². The van der Waals surface area contributed by atoms with Gasteiger partial charge in [-0.2, -0.15) is 0 Å². The fourth-order valence-corrected chi connectivity index (χ4v) is 3.81. The Morgan fingerprint density at radius 2 is 1.88 bits per heavy atom. The van der Waals surface area contributed by atoms with E-state index in [4.69, 9.17) is 0 Å². The summed E-state index contributed by atoms with van der Waals surface area (Å²) in [7, 11) is -3.14. The van der Waals surface area contributed by atoms with E-state index in [-0.39, 0.29) is 23.8 Å². The van der Waals surface area contributed by atoms with Crippen LogP contribution in [-0.4, -0.2) is 31.4 Å². The van der Waals surface area contributed by atoms with Crippen LogP contribution in [0.1, 0.15) is 46.0 Å². The van der Waals surface area contributed by atoms with E-state index in [9.17, 15) is 13.5 Å². The molecule has 16 heavy (non-hydrogen) atoms. The molecule has 1 unspecified atom stereocenters. The molecule has 1 aliphatic rings. The predicted octanol–water partition coefficient (Wildman–Crippen LogP) is 1.26. The van der Waals surface area contributed by atoms with Crippen molar-refractivity contribution in [3.8, 4) is 0 Å². The summed E-state index contributed by atoms with van der Waals surface area (Å²) in [5, 5.41) is 9.33. The lowest BCUT2D eigenvalue weighted by Gasteiger charge is -2.26. The molecule has 0 heterocycles. The largest absolute Gasteiger partial charge is 0.393 e. The van der Waals surface area contributed by atoms with E-state index >= 15 is 0 Å². The molecular weight excluding hydrogens is 226 g/mol. The molecule has 0 radical (unpaired) electrons. The van der Waals surface area contributed by atoms with Gasteiger partial charge in [-0.1, -0.05) is 20.3 Å². The Hall–Kier alpha value is -0.130. The zero-order valence-corrected chi connectivity index (χ0v) is 11.0. The number of hydrogen-bond donors (Lipinski definition) is 2. The first-order valence-corrected chi connectivity index (χ1v) is 7.76. The minimum atomic E-state index is -3.14. The monoisotopic (exact) mass is 249 g/mol. The van der Waals surface area contributed by atoms with Gasteiger partial charge in [0.05, 0.1) is 11.9 Å². The van der Waals surface area contributed by atoms with Crippen LogP contribution in [0, 0.1) is 5.92 Å². The Morgan fingerprint density at radius 1 is 1.31 bits per heavy atom. The van der Waals surface area contributed by atoms with Crippen molar-refractivity contribution in [2.75, 3.05) is 5.75 Å². The minimum Gasteiger partial charge on any atom is -0.393 e. The first kappa shape index (κ1) is 13.9. The number of sulfonamides is 1. The molecule has 1 saturated carbocycles. The van der Waals surface area contributed by atoms with Crippen LogP contribution in [0.3, 0.4) is 0 Å². The van der Waals surface area contributed by atoms with Crippen LogP contribution in [0.4, 0.5) is 0 Å². The molecule has 96 valence electrons. The van der Waals surface area contributed by atoms with Crippen LogP contribution in [0.5, 0.6) is 0 Å². The van der Waals surface area contributed by atoms with Gasteiger partial charge in [0, 0.05) is 6.04 Å². The van der Waals surface area contributed by atoms with Gasteiger partial charge in [0.1, 0.15) is 0 Å². The van der Waals surface area contributed by atoms with Crippen LogP contribution in [0.2, 0.25) is 0 Å². The lowest BCUT2D eigenvalue weighted by atomic mass is 9.94. The van der Waals surface area contributed by atoms with E-state index in [1.165, 1.54) is 0 Å². The molecule has 2 N–H and O–H groups in total. The number of nitrogens with one attached hydrogen (secondary N) is 1.